The first kappa shape index (κ1) is 15.5. The predicted molar refractivity (Wildman–Crippen MR) is 79.9 cm³/mol. The van der Waals surface area contributed by atoms with Crippen molar-refractivity contribution in [2.75, 3.05) is 13.6 Å². The molecule has 1 saturated carbocycles. The van der Waals surface area contributed by atoms with Gasteiger partial charge in [0.15, 0.2) is 0 Å². The van der Waals surface area contributed by atoms with Gasteiger partial charge in [0.25, 0.3) is 0 Å². The van der Waals surface area contributed by atoms with Crippen LogP contribution in [0.2, 0.25) is 0 Å². The van der Waals surface area contributed by atoms with E-state index in [1.165, 1.54) is 12.8 Å². The summed E-state index contributed by atoms with van der Waals surface area (Å²) in [6, 6.07) is 1.68. The second-order valence-corrected chi connectivity index (χ2v) is 7.65. The Kier molecular flexibility index (Phi) is 5.23. The number of sulfonamides is 1. The van der Waals surface area contributed by atoms with Crippen molar-refractivity contribution in [3.63, 3.8) is 0 Å². The third kappa shape index (κ3) is 4.07. The number of rotatable bonds is 6. The van der Waals surface area contributed by atoms with Crippen molar-refractivity contribution in [2.24, 2.45) is 11.8 Å². The molecule has 1 fully saturated rings. The highest BCUT2D eigenvalue weighted by Gasteiger charge is 2.22. The van der Waals surface area contributed by atoms with Gasteiger partial charge >= 0.3 is 0 Å². The van der Waals surface area contributed by atoms with Gasteiger partial charge in [-0.25, -0.2) is 13.1 Å². The van der Waals surface area contributed by atoms with Crippen molar-refractivity contribution in [3.8, 4) is 0 Å². The van der Waals surface area contributed by atoms with Crippen molar-refractivity contribution in [2.45, 2.75) is 44.0 Å². The summed E-state index contributed by atoms with van der Waals surface area (Å²) in [7, 11) is -1.55. The lowest BCUT2D eigenvalue weighted by Crippen LogP contribution is -2.31. The number of hydrogen-bond donors (Lipinski definition) is 3. The Morgan fingerprint density at radius 2 is 2.20 bits per heavy atom. The van der Waals surface area contributed by atoms with Crippen molar-refractivity contribution in [1.82, 2.24) is 15.0 Å². The highest BCUT2D eigenvalue weighted by molar-refractivity contribution is 7.89. The topological polar surface area (TPSA) is 74.0 Å². The lowest BCUT2D eigenvalue weighted by atomic mass is 9.83. The summed E-state index contributed by atoms with van der Waals surface area (Å²) >= 11 is 0. The summed E-state index contributed by atoms with van der Waals surface area (Å²) in [6.07, 6.45) is 6.29. The van der Waals surface area contributed by atoms with E-state index in [0.29, 0.717) is 29.8 Å². The van der Waals surface area contributed by atoms with E-state index in [0.717, 1.165) is 18.5 Å². The summed E-state index contributed by atoms with van der Waals surface area (Å²) in [4.78, 5) is 3.30. The van der Waals surface area contributed by atoms with Gasteiger partial charge in [-0.2, -0.15) is 0 Å². The molecular formula is C14H25N3O2S. The third-order valence-electron chi connectivity index (χ3n) is 4.00. The number of hydrogen-bond acceptors (Lipinski definition) is 3. The lowest BCUT2D eigenvalue weighted by molar-refractivity contribution is 0.283. The van der Waals surface area contributed by atoms with Crippen LogP contribution >= 0.6 is 0 Å². The van der Waals surface area contributed by atoms with Crippen LogP contribution in [0, 0.1) is 11.8 Å². The number of aromatic nitrogens is 1. The van der Waals surface area contributed by atoms with Crippen LogP contribution in [0.1, 0.15) is 38.3 Å². The van der Waals surface area contributed by atoms with Gasteiger partial charge in [0.2, 0.25) is 10.0 Å². The molecule has 2 atom stereocenters. The normalized spacial score (nSPS) is 23.9. The molecule has 1 aromatic heterocycles. The molecule has 0 saturated heterocycles. The maximum atomic E-state index is 12.2. The SMILES string of the molecule is CNCc1cc(S(=O)(=O)NCC2CCCC(C)C2)c[nH]1. The molecule has 2 rings (SSSR count). The Balaban J connectivity index is 1.92. The first-order chi connectivity index (χ1) is 9.51. The smallest absolute Gasteiger partial charge is 0.242 e. The number of H-pyrrole nitrogens is 1. The van der Waals surface area contributed by atoms with Gasteiger partial charge in [-0.05, 0) is 37.8 Å². The number of aromatic amines is 1. The van der Waals surface area contributed by atoms with E-state index < -0.39 is 10.0 Å². The van der Waals surface area contributed by atoms with Crippen LogP contribution < -0.4 is 10.0 Å². The molecule has 0 amide bonds. The Morgan fingerprint density at radius 3 is 2.90 bits per heavy atom. The molecule has 1 aliphatic rings. The molecule has 0 spiro atoms. The van der Waals surface area contributed by atoms with E-state index in [2.05, 4.69) is 21.9 Å². The van der Waals surface area contributed by atoms with Gasteiger partial charge in [-0.1, -0.05) is 19.8 Å². The maximum absolute atomic E-state index is 12.2. The zero-order valence-electron chi connectivity index (χ0n) is 12.3. The average molecular weight is 299 g/mol. The second-order valence-electron chi connectivity index (χ2n) is 5.88. The third-order valence-corrected chi connectivity index (χ3v) is 5.40. The highest BCUT2D eigenvalue weighted by atomic mass is 32.2. The van der Waals surface area contributed by atoms with E-state index in [4.69, 9.17) is 0 Å². The van der Waals surface area contributed by atoms with Gasteiger partial charge in [0.05, 0.1) is 4.90 Å². The van der Waals surface area contributed by atoms with E-state index >= 15 is 0 Å². The van der Waals surface area contributed by atoms with Crippen LogP contribution in [0.25, 0.3) is 0 Å². The van der Waals surface area contributed by atoms with Gasteiger partial charge in [-0.15, -0.1) is 0 Å². The highest BCUT2D eigenvalue weighted by Crippen LogP contribution is 2.28. The average Bonchev–Trinajstić information content (AvgIpc) is 2.87. The van der Waals surface area contributed by atoms with Crippen LogP contribution in [0.15, 0.2) is 17.2 Å². The van der Waals surface area contributed by atoms with Crippen LogP contribution in [-0.2, 0) is 16.6 Å². The molecule has 114 valence electrons. The molecule has 20 heavy (non-hydrogen) atoms. The molecule has 1 aromatic rings. The predicted octanol–water partition coefficient (Wildman–Crippen LogP) is 1.84. The molecule has 2 unspecified atom stereocenters. The first-order valence-corrected chi connectivity index (χ1v) is 8.81. The van der Waals surface area contributed by atoms with E-state index in [1.54, 1.807) is 12.3 Å². The molecule has 0 aliphatic heterocycles. The van der Waals surface area contributed by atoms with Gasteiger partial charge < -0.3 is 10.3 Å². The van der Waals surface area contributed by atoms with Gasteiger partial charge in [-0.3, -0.25) is 0 Å². The molecule has 6 heteroatoms. The minimum absolute atomic E-state index is 0.326. The van der Waals surface area contributed by atoms with E-state index in [1.807, 2.05) is 7.05 Å². The quantitative estimate of drug-likeness (QED) is 0.750. The largest absolute Gasteiger partial charge is 0.363 e. The van der Waals surface area contributed by atoms with E-state index in [9.17, 15) is 8.42 Å². The Bertz CT molecular complexity index is 524. The molecule has 0 radical (unpaired) electrons. The molecule has 0 bridgehead atoms. The fourth-order valence-electron chi connectivity index (χ4n) is 2.92. The fraction of sp³-hybridized carbons (Fsp3) is 0.714. The summed E-state index contributed by atoms with van der Waals surface area (Å²) in [5, 5.41) is 2.99. The Hall–Kier alpha value is -0.850. The fourth-order valence-corrected chi connectivity index (χ4v) is 4.06. The summed E-state index contributed by atoms with van der Waals surface area (Å²) in [5.41, 5.74) is 0.874. The van der Waals surface area contributed by atoms with Gasteiger partial charge in [0.1, 0.15) is 0 Å². The molecule has 3 N–H and O–H groups in total. The minimum atomic E-state index is -3.38. The standard InChI is InChI=1S/C14H25N3O2S/c1-11-4-3-5-12(6-11)8-17-20(18,19)14-7-13(9-15-2)16-10-14/h7,10-12,15-17H,3-6,8-9H2,1-2H3. The summed E-state index contributed by atoms with van der Waals surface area (Å²) < 4.78 is 27.2. The molecule has 1 heterocycles. The maximum Gasteiger partial charge on any atom is 0.242 e. The second kappa shape index (κ2) is 6.74. The molecule has 1 aliphatic carbocycles. The zero-order valence-corrected chi connectivity index (χ0v) is 13.1. The molecular weight excluding hydrogens is 274 g/mol. The monoisotopic (exact) mass is 299 g/mol. The Morgan fingerprint density at radius 1 is 1.40 bits per heavy atom. The van der Waals surface area contributed by atoms with Gasteiger partial charge in [0, 0.05) is 25.0 Å². The van der Waals surface area contributed by atoms with Crippen LogP contribution in [0.4, 0.5) is 0 Å². The minimum Gasteiger partial charge on any atom is -0.363 e. The molecule has 0 aromatic carbocycles. The van der Waals surface area contributed by atoms with E-state index in [-0.39, 0.29) is 0 Å². The van der Waals surface area contributed by atoms with Crippen molar-refractivity contribution in [3.05, 3.63) is 18.0 Å². The molecule has 5 nitrogen and oxygen atoms in total. The van der Waals surface area contributed by atoms with Crippen molar-refractivity contribution < 1.29 is 8.42 Å². The lowest BCUT2D eigenvalue weighted by Gasteiger charge is -2.26. The van der Waals surface area contributed by atoms with Crippen LogP contribution in [-0.4, -0.2) is 27.0 Å². The summed E-state index contributed by atoms with van der Waals surface area (Å²) in [6.45, 7) is 3.44. The summed E-state index contributed by atoms with van der Waals surface area (Å²) in [5.74, 6) is 1.19. The Labute approximate surface area is 121 Å². The van der Waals surface area contributed by atoms with Crippen LogP contribution in [0.5, 0.6) is 0 Å². The van der Waals surface area contributed by atoms with Crippen molar-refractivity contribution in [1.29, 1.82) is 0 Å². The zero-order chi connectivity index (χ0) is 14.6. The van der Waals surface area contributed by atoms with Crippen molar-refractivity contribution >= 4 is 10.0 Å². The van der Waals surface area contributed by atoms with Crippen LogP contribution in [0.3, 0.4) is 0 Å². The first-order valence-electron chi connectivity index (χ1n) is 7.33. The number of nitrogens with one attached hydrogen (secondary N) is 3.